The lowest BCUT2D eigenvalue weighted by molar-refractivity contribution is 0.779. The van der Waals surface area contributed by atoms with Crippen LogP contribution in [-0.2, 0) is 19.4 Å². The number of aliphatic imine (C=N–C) groups is 1. The second-order valence-corrected chi connectivity index (χ2v) is 6.15. The molecule has 0 atom stereocenters. The van der Waals surface area contributed by atoms with Crippen LogP contribution in [0.1, 0.15) is 28.2 Å². The van der Waals surface area contributed by atoms with E-state index in [0.717, 1.165) is 36.7 Å². The largest absolute Gasteiger partial charge is 0.356 e. The first-order chi connectivity index (χ1) is 10.7. The van der Waals surface area contributed by atoms with Gasteiger partial charge in [-0.25, -0.2) is 4.98 Å². The summed E-state index contributed by atoms with van der Waals surface area (Å²) in [7, 11) is 1.78. The van der Waals surface area contributed by atoms with Crippen molar-refractivity contribution in [2.45, 2.75) is 33.2 Å². The molecule has 0 amide bonds. The number of pyridine rings is 1. The maximum atomic E-state index is 4.47. The summed E-state index contributed by atoms with van der Waals surface area (Å²) < 4.78 is 0. The predicted molar refractivity (Wildman–Crippen MR) is 108 cm³/mol. The average molecular weight is 445 g/mol. The Morgan fingerprint density at radius 2 is 2.13 bits per heavy atom. The van der Waals surface area contributed by atoms with Crippen molar-refractivity contribution in [1.29, 1.82) is 0 Å². The summed E-state index contributed by atoms with van der Waals surface area (Å²) in [5.74, 6) is 0.788. The molecule has 0 unspecified atom stereocenters. The molecule has 5 nitrogen and oxygen atoms in total. The van der Waals surface area contributed by atoms with Gasteiger partial charge in [0.05, 0.1) is 17.2 Å². The highest BCUT2D eigenvalue weighted by Gasteiger charge is 2.02. The topological polar surface area (TPSA) is 62.2 Å². The first-order valence-electron chi connectivity index (χ1n) is 7.52. The van der Waals surface area contributed by atoms with Crippen LogP contribution in [0.25, 0.3) is 0 Å². The summed E-state index contributed by atoms with van der Waals surface area (Å²) >= 11 is 1.78. The van der Waals surface area contributed by atoms with Crippen molar-refractivity contribution in [2.24, 2.45) is 4.99 Å². The van der Waals surface area contributed by atoms with Gasteiger partial charge in [0.2, 0.25) is 0 Å². The molecule has 23 heavy (non-hydrogen) atoms. The van der Waals surface area contributed by atoms with Gasteiger partial charge in [-0.1, -0.05) is 13.0 Å². The lowest BCUT2D eigenvalue weighted by Crippen LogP contribution is -2.38. The van der Waals surface area contributed by atoms with Crippen LogP contribution in [-0.4, -0.2) is 29.5 Å². The summed E-state index contributed by atoms with van der Waals surface area (Å²) in [6, 6.07) is 6.02. The first kappa shape index (κ1) is 19.8. The van der Waals surface area contributed by atoms with E-state index < -0.39 is 0 Å². The van der Waals surface area contributed by atoms with Gasteiger partial charge < -0.3 is 10.6 Å². The second kappa shape index (κ2) is 10.5. The standard InChI is InChI=1S/C16H23N5S.HI/c1-4-14-11-19-15(22-14)8-9-18-16(17-3)20-10-13-7-5-6-12(2)21-13;/h5-7,11H,4,8-10H2,1-3H3,(H2,17,18,20);1H. The highest BCUT2D eigenvalue weighted by molar-refractivity contribution is 14.0. The fraction of sp³-hybridized carbons (Fsp3) is 0.438. The number of hydrogen-bond donors (Lipinski definition) is 2. The van der Waals surface area contributed by atoms with E-state index in [1.54, 1.807) is 18.4 Å². The van der Waals surface area contributed by atoms with Crippen molar-refractivity contribution in [3.63, 3.8) is 0 Å². The van der Waals surface area contributed by atoms with Crippen molar-refractivity contribution in [3.05, 3.63) is 45.7 Å². The van der Waals surface area contributed by atoms with Gasteiger partial charge in [0.15, 0.2) is 5.96 Å². The van der Waals surface area contributed by atoms with E-state index in [4.69, 9.17) is 0 Å². The van der Waals surface area contributed by atoms with Crippen LogP contribution in [0, 0.1) is 6.92 Å². The minimum Gasteiger partial charge on any atom is -0.356 e. The molecule has 0 aromatic carbocycles. The highest BCUT2D eigenvalue weighted by Crippen LogP contribution is 2.13. The van der Waals surface area contributed by atoms with Gasteiger partial charge >= 0.3 is 0 Å². The fourth-order valence-corrected chi connectivity index (χ4v) is 2.87. The van der Waals surface area contributed by atoms with Crippen LogP contribution in [0.2, 0.25) is 0 Å². The van der Waals surface area contributed by atoms with Crippen LogP contribution >= 0.6 is 35.3 Å². The summed E-state index contributed by atoms with van der Waals surface area (Å²) in [5.41, 5.74) is 2.04. The molecule has 2 N–H and O–H groups in total. The molecule has 0 spiro atoms. The van der Waals surface area contributed by atoms with E-state index in [0.29, 0.717) is 6.54 Å². The molecule has 7 heteroatoms. The van der Waals surface area contributed by atoms with E-state index in [2.05, 4.69) is 32.5 Å². The number of aromatic nitrogens is 2. The number of aryl methyl sites for hydroxylation is 2. The average Bonchev–Trinajstić information content (AvgIpc) is 2.98. The predicted octanol–water partition coefficient (Wildman–Crippen LogP) is 2.93. The molecular formula is C16H24IN5S. The van der Waals surface area contributed by atoms with Gasteiger partial charge in [-0.05, 0) is 25.5 Å². The zero-order valence-electron chi connectivity index (χ0n) is 13.8. The van der Waals surface area contributed by atoms with Crippen molar-refractivity contribution >= 4 is 41.3 Å². The Labute approximate surface area is 159 Å². The summed E-state index contributed by atoms with van der Waals surface area (Å²) in [4.78, 5) is 14.5. The fourth-order valence-electron chi connectivity index (χ4n) is 2.01. The zero-order chi connectivity index (χ0) is 15.8. The Bertz CT molecular complexity index is 626. The van der Waals surface area contributed by atoms with Crippen LogP contribution in [0.5, 0.6) is 0 Å². The van der Waals surface area contributed by atoms with Crippen LogP contribution in [0.15, 0.2) is 29.4 Å². The van der Waals surface area contributed by atoms with Gasteiger partial charge in [-0.3, -0.25) is 9.98 Å². The summed E-state index contributed by atoms with van der Waals surface area (Å²) in [5, 5.41) is 7.75. The van der Waals surface area contributed by atoms with Crippen molar-refractivity contribution in [2.75, 3.05) is 13.6 Å². The third-order valence-corrected chi connectivity index (χ3v) is 4.39. The van der Waals surface area contributed by atoms with Gasteiger partial charge in [0.1, 0.15) is 0 Å². The third-order valence-electron chi connectivity index (χ3n) is 3.19. The molecule has 0 bridgehead atoms. The van der Waals surface area contributed by atoms with Crippen LogP contribution in [0.4, 0.5) is 0 Å². The van der Waals surface area contributed by atoms with Crippen molar-refractivity contribution in [3.8, 4) is 0 Å². The molecule has 126 valence electrons. The maximum absolute atomic E-state index is 4.47. The van der Waals surface area contributed by atoms with Crippen LogP contribution in [0.3, 0.4) is 0 Å². The molecule has 0 saturated heterocycles. The Balaban J connectivity index is 0.00000264. The number of guanidine groups is 1. The Morgan fingerprint density at radius 3 is 2.78 bits per heavy atom. The number of nitrogens with one attached hydrogen (secondary N) is 2. The molecule has 0 aliphatic rings. The third kappa shape index (κ3) is 6.82. The molecule has 2 aromatic heterocycles. The minimum atomic E-state index is 0. The van der Waals surface area contributed by atoms with Gasteiger partial charge in [0.25, 0.3) is 0 Å². The second-order valence-electron chi connectivity index (χ2n) is 4.95. The molecule has 2 aromatic rings. The number of nitrogens with zero attached hydrogens (tertiary/aromatic N) is 3. The van der Waals surface area contributed by atoms with Gasteiger partial charge in [-0.2, -0.15) is 0 Å². The van der Waals surface area contributed by atoms with E-state index in [1.165, 1.54) is 9.88 Å². The molecule has 2 rings (SSSR count). The molecule has 0 aliphatic carbocycles. The number of thiazole rings is 1. The molecule has 0 radical (unpaired) electrons. The van der Waals surface area contributed by atoms with Crippen molar-refractivity contribution < 1.29 is 0 Å². The van der Waals surface area contributed by atoms with Gasteiger partial charge in [-0.15, -0.1) is 35.3 Å². The summed E-state index contributed by atoms with van der Waals surface area (Å²) in [6.07, 6.45) is 3.93. The Kier molecular flexibility index (Phi) is 9.08. The summed E-state index contributed by atoms with van der Waals surface area (Å²) in [6.45, 7) is 5.63. The zero-order valence-corrected chi connectivity index (χ0v) is 16.9. The van der Waals surface area contributed by atoms with E-state index in [9.17, 15) is 0 Å². The molecule has 2 heterocycles. The number of hydrogen-bond acceptors (Lipinski definition) is 4. The SMILES string of the molecule is CCc1cnc(CCNC(=NC)NCc2cccc(C)n2)s1.I. The lowest BCUT2D eigenvalue weighted by Gasteiger charge is -2.11. The monoisotopic (exact) mass is 445 g/mol. The van der Waals surface area contributed by atoms with E-state index >= 15 is 0 Å². The maximum Gasteiger partial charge on any atom is 0.191 e. The number of rotatable bonds is 6. The normalized spacial score (nSPS) is 11.0. The van der Waals surface area contributed by atoms with E-state index in [1.807, 2.05) is 31.3 Å². The smallest absolute Gasteiger partial charge is 0.191 e. The van der Waals surface area contributed by atoms with Crippen LogP contribution < -0.4 is 10.6 Å². The van der Waals surface area contributed by atoms with E-state index in [-0.39, 0.29) is 24.0 Å². The molecule has 0 saturated carbocycles. The lowest BCUT2D eigenvalue weighted by atomic mass is 10.3. The highest BCUT2D eigenvalue weighted by atomic mass is 127. The Morgan fingerprint density at radius 1 is 1.30 bits per heavy atom. The molecule has 0 fully saturated rings. The number of halogens is 1. The molecule has 0 aliphatic heterocycles. The quantitative estimate of drug-likeness (QED) is 0.408. The minimum absolute atomic E-state index is 0. The molecular weight excluding hydrogens is 421 g/mol. The van der Waals surface area contributed by atoms with Crippen molar-refractivity contribution in [1.82, 2.24) is 20.6 Å². The Hall–Kier alpha value is -1.22. The van der Waals surface area contributed by atoms with Gasteiger partial charge in [0, 0.05) is 36.8 Å². The first-order valence-corrected chi connectivity index (χ1v) is 8.33.